The summed E-state index contributed by atoms with van der Waals surface area (Å²) in [5.41, 5.74) is -0.933. The summed E-state index contributed by atoms with van der Waals surface area (Å²) in [6.07, 6.45) is 0.772. The third-order valence-corrected chi connectivity index (χ3v) is 4.92. The average Bonchev–Trinajstić information content (AvgIpc) is 2.52. The quantitative estimate of drug-likeness (QED) is 0.489. The molecule has 1 aromatic rings. The van der Waals surface area contributed by atoms with Crippen LogP contribution >= 0.6 is 23.4 Å². The Bertz CT molecular complexity index is 483. The van der Waals surface area contributed by atoms with Crippen LogP contribution in [0.3, 0.4) is 0 Å². The Morgan fingerprint density at radius 1 is 1.21 bits per heavy atom. The molecule has 1 aromatic carbocycles. The van der Waals surface area contributed by atoms with Gasteiger partial charge in [0.2, 0.25) is 0 Å². The van der Waals surface area contributed by atoms with Crippen molar-refractivity contribution in [3.05, 3.63) is 28.8 Å². The molecule has 0 saturated heterocycles. The van der Waals surface area contributed by atoms with Crippen LogP contribution in [-0.4, -0.2) is 29.3 Å². The van der Waals surface area contributed by atoms with Crippen molar-refractivity contribution in [3.8, 4) is 5.75 Å². The van der Waals surface area contributed by atoms with E-state index in [2.05, 4.69) is 6.92 Å². The zero-order valence-corrected chi connectivity index (χ0v) is 15.3. The summed E-state index contributed by atoms with van der Waals surface area (Å²) < 4.78 is 43.5. The smallest absolute Gasteiger partial charge is 0.417 e. The third kappa shape index (κ3) is 8.49. The number of aliphatic hydroxyl groups is 1. The molecule has 2 nitrogen and oxygen atoms in total. The minimum Gasteiger partial charge on any atom is -0.491 e. The van der Waals surface area contributed by atoms with E-state index in [0.717, 1.165) is 24.3 Å². The lowest BCUT2D eigenvalue weighted by atomic mass is 10.2. The fourth-order valence-electron chi connectivity index (χ4n) is 2.08. The number of thioether (sulfide) groups is 1. The summed E-state index contributed by atoms with van der Waals surface area (Å²) in [6.45, 7) is 2.13. The number of hydrogen-bond acceptors (Lipinski definition) is 3. The monoisotopic (exact) mass is 384 g/mol. The molecule has 0 aromatic heterocycles. The molecular formula is C17H24ClF3O2S. The molecule has 0 amide bonds. The first-order valence-electron chi connectivity index (χ1n) is 8.10. The SMILES string of the molecule is CCCCCCCSCC(O)COc1ccc(Cl)c(C(F)(F)F)c1. The molecule has 0 bridgehead atoms. The minimum atomic E-state index is -4.53. The molecule has 0 aliphatic heterocycles. The Kier molecular flexibility index (Phi) is 9.93. The molecule has 7 heteroatoms. The van der Waals surface area contributed by atoms with Crippen molar-refractivity contribution in [2.24, 2.45) is 0 Å². The zero-order chi connectivity index (χ0) is 18.0. The van der Waals surface area contributed by atoms with Crippen LogP contribution in [0.2, 0.25) is 5.02 Å². The maximum Gasteiger partial charge on any atom is 0.417 e. The van der Waals surface area contributed by atoms with Gasteiger partial charge in [-0.2, -0.15) is 24.9 Å². The number of alkyl halides is 3. The molecule has 0 saturated carbocycles. The van der Waals surface area contributed by atoms with E-state index < -0.39 is 17.8 Å². The van der Waals surface area contributed by atoms with Crippen LogP contribution in [0.5, 0.6) is 5.75 Å². The predicted octanol–water partition coefficient (Wildman–Crippen LogP) is 5.80. The first kappa shape index (κ1) is 21.5. The van der Waals surface area contributed by atoms with Gasteiger partial charge in [-0.15, -0.1) is 0 Å². The summed E-state index contributed by atoms with van der Waals surface area (Å²) in [5.74, 6) is 1.53. The van der Waals surface area contributed by atoms with Crippen molar-refractivity contribution in [2.45, 2.75) is 51.3 Å². The Labute approximate surface area is 150 Å². The summed E-state index contributed by atoms with van der Waals surface area (Å²) in [7, 11) is 0. The highest BCUT2D eigenvalue weighted by Crippen LogP contribution is 2.36. The van der Waals surface area contributed by atoms with Gasteiger partial charge in [0.05, 0.1) is 16.7 Å². The number of rotatable bonds is 11. The van der Waals surface area contributed by atoms with Crippen LogP contribution in [0.15, 0.2) is 18.2 Å². The Morgan fingerprint density at radius 3 is 2.58 bits per heavy atom. The van der Waals surface area contributed by atoms with Crippen molar-refractivity contribution in [1.82, 2.24) is 0 Å². The molecule has 0 radical (unpaired) electrons. The second-order valence-corrected chi connectivity index (χ2v) is 7.15. The second kappa shape index (κ2) is 11.1. The Morgan fingerprint density at radius 2 is 1.92 bits per heavy atom. The van der Waals surface area contributed by atoms with Crippen LogP contribution in [0, 0.1) is 0 Å². The van der Waals surface area contributed by atoms with E-state index in [9.17, 15) is 18.3 Å². The highest BCUT2D eigenvalue weighted by Gasteiger charge is 2.33. The molecule has 1 unspecified atom stereocenters. The van der Waals surface area contributed by atoms with Crippen LogP contribution in [0.4, 0.5) is 13.2 Å². The van der Waals surface area contributed by atoms with Crippen LogP contribution in [0.1, 0.15) is 44.6 Å². The lowest BCUT2D eigenvalue weighted by Gasteiger charge is -2.14. The van der Waals surface area contributed by atoms with Gasteiger partial charge in [0.1, 0.15) is 12.4 Å². The van der Waals surface area contributed by atoms with Crippen LogP contribution < -0.4 is 4.74 Å². The molecule has 24 heavy (non-hydrogen) atoms. The summed E-state index contributed by atoms with van der Waals surface area (Å²) >= 11 is 7.18. The maximum absolute atomic E-state index is 12.8. The molecule has 0 spiro atoms. The molecule has 138 valence electrons. The van der Waals surface area contributed by atoms with Crippen molar-refractivity contribution < 1.29 is 23.0 Å². The lowest BCUT2D eigenvalue weighted by molar-refractivity contribution is -0.137. The van der Waals surface area contributed by atoms with Crippen LogP contribution in [0.25, 0.3) is 0 Å². The second-order valence-electron chi connectivity index (χ2n) is 5.59. The number of unbranched alkanes of at least 4 members (excludes halogenated alkanes) is 4. The van der Waals surface area contributed by atoms with E-state index in [1.165, 1.54) is 31.7 Å². The standard InChI is InChI=1S/C17H24ClF3O2S/c1-2-3-4-5-6-9-24-12-13(22)11-23-14-7-8-16(18)15(10-14)17(19,20)21/h7-8,10,13,22H,2-6,9,11-12H2,1H3. The highest BCUT2D eigenvalue weighted by molar-refractivity contribution is 7.99. The number of aliphatic hydroxyl groups excluding tert-OH is 1. The molecule has 0 aliphatic rings. The number of ether oxygens (including phenoxy) is 1. The van der Waals surface area contributed by atoms with Crippen molar-refractivity contribution >= 4 is 23.4 Å². The highest BCUT2D eigenvalue weighted by atomic mass is 35.5. The largest absolute Gasteiger partial charge is 0.491 e. The average molecular weight is 385 g/mol. The third-order valence-electron chi connectivity index (χ3n) is 3.39. The maximum atomic E-state index is 12.8. The summed E-state index contributed by atoms with van der Waals surface area (Å²) in [4.78, 5) is 0. The van der Waals surface area contributed by atoms with Gasteiger partial charge in [-0.05, 0) is 30.4 Å². The first-order chi connectivity index (χ1) is 11.3. The van der Waals surface area contributed by atoms with Crippen LogP contribution in [-0.2, 0) is 6.18 Å². The zero-order valence-electron chi connectivity index (χ0n) is 13.7. The lowest BCUT2D eigenvalue weighted by Crippen LogP contribution is -2.20. The van der Waals surface area contributed by atoms with Gasteiger partial charge in [0.25, 0.3) is 0 Å². The fourth-order valence-corrected chi connectivity index (χ4v) is 3.25. The Balaban J connectivity index is 2.28. The van der Waals surface area contributed by atoms with E-state index in [1.807, 2.05) is 0 Å². The van der Waals surface area contributed by atoms with Gasteiger partial charge < -0.3 is 9.84 Å². The number of hydrogen-bond donors (Lipinski definition) is 1. The van der Waals surface area contributed by atoms with E-state index in [1.54, 1.807) is 11.8 Å². The molecule has 1 rings (SSSR count). The summed E-state index contributed by atoms with van der Waals surface area (Å²) in [5, 5.41) is 9.47. The molecule has 0 fully saturated rings. The van der Waals surface area contributed by atoms with Gasteiger partial charge in [-0.1, -0.05) is 44.2 Å². The Hall–Kier alpha value is -0.590. The topological polar surface area (TPSA) is 29.5 Å². The molecule has 0 heterocycles. The summed E-state index contributed by atoms with van der Waals surface area (Å²) in [6, 6.07) is 3.37. The minimum absolute atomic E-state index is 0.0399. The number of halogens is 4. The van der Waals surface area contributed by atoms with Gasteiger partial charge in [0, 0.05) is 5.75 Å². The van der Waals surface area contributed by atoms with Crippen molar-refractivity contribution in [3.63, 3.8) is 0 Å². The van der Waals surface area contributed by atoms with Crippen molar-refractivity contribution in [1.29, 1.82) is 0 Å². The first-order valence-corrected chi connectivity index (χ1v) is 9.63. The van der Waals surface area contributed by atoms with E-state index in [0.29, 0.717) is 5.75 Å². The van der Waals surface area contributed by atoms with Gasteiger partial charge >= 0.3 is 6.18 Å². The predicted molar refractivity (Wildman–Crippen MR) is 94.0 cm³/mol. The molecule has 0 aliphatic carbocycles. The van der Waals surface area contributed by atoms with E-state index in [4.69, 9.17) is 16.3 Å². The van der Waals surface area contributed by atoms with E-state index in [-0.39, 0.29) is 17.4 Å². The molecule has 1 N–H and O–H groups in total. The number of benzene rings is 1. The van der Waals surface area contributed by atoms with Crippen molar-refractivity contribution in [2.75, 3.05) is 18.1 Å². The fraction of sp³-hybridized carbons (Fsp3) is 0.647. The molecular weight excluding hydrogens is 361 g/mol. The van der Waals surface area contributed by atoms with Gasteiger partial charge in [-0.25, -0.2) is 0 Å². The molecule has 1 atom stereocenters. The van der Waals surface area contributed by atoms with Gasteiger partial charge in [0.15, 0.2) is 0 Å². The van der Waals surface area contributed by atoms with Gasteiger partial charge in [-0.3, -0.25) is 0 Å². The van der Waals surface area contributed by atoms with E-state index >= 15 is 0 Å². The normalized spacial score (nSPS) is 13.1.